The summed E-state index contributed by atoms with van der Waals surface area (Å²) in [7, 11) is 0. The van der Waals surface area contributed by atoms with Crippen molar-refractivity contribution in [3.8, 4) is 5.75 Å². The maximum absolute atomic E-state index is 11.1. The van der Waals surface area contributed by atoms with Gasteiger partial charge in [0, 0.05) is 17.0 Å². The lowest BCUT2D eigenvalue weighted by molar-refractivity contribution is 0.115. The summed E-state index contributed by atoms with van der Waals surface area (Å²) in [4.78, 5) is 11.1. The van der Waals surface area contributed by atoms with Gasteiger partial charge in [-0.2, -0.15) is 0 Å². The van der Waals surface area contributed by atoms with Crippen LogP contribution in [0.2, 0.25) is 5.02 Å². The lowest BCUT2D eigenvalue weighted by atomic mass is 10.00. The lowest BCUT2D eigenvalue weighted by Crippen LogP contribution is -2.35. The van der Waals surface area contributed by atoms with Gasteiger partial charge in [0.25, 0.3) is 0 Å². The van der Waals surface area contributed by atoms with Crippen molar-refractivity contribution >= 4 is 17.7 Å². The number of carbonyl (C=O) groups is 1. The van der Waals surface area contributed by atoms with E-state index in [4.69, 9.17) is 16.3 Å². The lowest BCUT2D eigenvalue weighted by Gasteiger charge is -2.24. The number of rotatable bonds is 1. The molecule has 86 valence electrons. The van der Waals surface area contributed by atoms with Crippen LogP contribution in [0.5, 0.6) is 5.75 Å². The number of amides is 1. The summed E-state index contributed by atoms with van der Waals surface area (Å²) in [6.07, 6.45) is 0.160. The van der Waals surface area contributed by atoms with Gasteiger partial charge >= 0.3 is 6.09 Å². The number of cyclic esters (lactones) is 1. The molecule has 1 aliphatic rings. The van der Waals surface area contributed by atoms with E-state index in [1.54, 1.807) is 19.1 Å². The Morgan fingerprint density at radius 1 is 1.56 bits per heavy atom. The molecule has 1 saturated heterocycles. The van der Waals surface area contributed by atoms with Crippen LogP contribution in [0.25, 0.3) is 0 Å². The topological polar surface area (TPSA) is 58.6 Å². The number of hydrogen-bond acceptors (Lipinski definition) is 3. The highest BCUT2D eigenvalue weighted by atomic mass is 35.5. The summed E-state index contributed by atoms with van der Waals surface area (Å²) in [6.45, 7) is 2.12. The third-order valence-electron chi connectivity index (χ3n) is 2.60. The number of alkyl carbamates (subject to hydrolysis) is 1. The second-order valence-corrected chi connectivity index (χ2v) is 4.22. The van der Waals surface area contributed by atoms with E-state index in [0.29, 0.717) is 29.2 Å². The molecule has 0 aromatic heterocycles. The summed E-state index contributed by atoms with van der Waals surface area (Å²) in [5.74, 6) is 0.177. The minimum atomic E-state index is -0.465. The third kappa shape index (κ3) is 2.07. The molecule has 0 spiro atoms. The normalized spacial score (nSPS) is 20.1. The van der Waals surface area contributed by atoms with E-state index in [9.17, 15) is 9.90 Å². The number of nitrogens with one attached hydrogen (secondary N) is 1. The minimum absolute atomic E-state index is 0.177. The zero-order valence-corrected chi connectivity index (χ0v) is 9.54. The zero-order chi connectivity index (χ0) is 11.7. The van der Waals surface area contributed by atoms with E-state index in [-0.39, 0.29) is 11.8 Å². The maximum Gasteiger partial charge on any atom is 0.407 e. The molecule has 16 heavy (non-hydrogen) atoms. The fourth-order valence-corrected chi connectivity index (χ4v) is 2.07. The Labute approximate surface area is 98.2 Å². The molecule has 2 rings (SSSR count). The molecular weight excluding hydrogens is 230 g/mol. The van der Waals surface area contributed by atoms with Crippen LogP contribution in [0.15, 0.2) is 12.1 Å². The van der Waals surface area contributed by atoms with Crippen molar-refractivity contribution in [3.63, 3.8) is 0 Å². The molecule has 0 aliphatic carbocycles. The van der Waals surface area contributed by atoms with Gasteiger partial charge in [0.1, 0.15) is 5.75 Å². The number of ether oxygens (including phenoxy) is 1. The van der Waals surface area contributed by atoms with Gasteiger partial charge in [-0.05, 0) is 24.6 Å². The summed E-state index contributed by atoms with van der Waals surface area (Å²) >= 11 is 5.92. The maximum atomic E-state index is 11.1. The van der Waals surface area contributed by atoms with Gasteiger partial charge in [-0.1, -0.05) is 11.6 Å². The molecule has 1 fully saturated rings. The zero-order valence-electron chi connectivity index (χ0n) is 8.79. The van der Waals surface area contributed by atoms with E-state index >= 15 is 0 Å². The summed E-state index contributed by atoms with van der Waals surface area (Å²) < 4.78 is 4.77. The van der Waals surface area contributed by atoms with E-state index < -0.39 is 6.09 Å². The molecule has 1 heterocycles. The van der Waals surface area contributed by atoms with Gasteiger partial charge in [-0.15, -0.1) is 0 Å². The highest BCUT2D eigenvalue weighted by molar-refractivity contribution is 6.30. The van der Waals surface area contributed by atoms with Crippen LogP contribution in [0.3, 0.4) is 0 Å². The highest BCUT2D eigenvalue weighted by Crippen LogP contribution is 2.33. The van der Waals surface area contributed by atoms with Crippen LogP contribution >= 0.6 is 11.6 Å². The number of benzene rings is 1. The van der Waals surface area contributed by atoms with Crippen molar-refractivity contribution in [2.75, 3.05) is 6.61 Å². The smallest absolute Gasteiger partial charge is 0.407 e. The Hall–Kier alpha value is -1.42. The van der Waals surface area contributed by atoms with Crippen LogP contribution in [-0.4, -0.2) is 17.8 Å². The number of phenolic OH excluding ortho intramolecular Hbond substituents is 1. The minimum Gasteiger partial charge on any atom is -0.507 e. The number of halogens is 1. The van der Waals surface area contributed by atoms with Gasteiger partial charge in [-0.3, -0.25) is 0 Å². The Bertz CT molecular complexity index is 433. The van der Waals surface area contributed by atoms with Crippen LogP contribution in [0.1, 0.15) is 23.6 Å². The summed E-state index contributed by atoms with van der Waals surface area (Å²) in [5, 5.41) is 13.1. The first-order valence-electron chi connectivity index (χ1n) is 5.00. The van der Waals surface area contributed by atoms with Gasteiger partial charge in [-0.25, -0.2) is 4.79 Å². The predicted octanol–water partition coefficient (Wildman–Crippen LogP) is 2.53. The average Bonchev–Trinajstić information content (AvgIpc) is 2.23. The molecule has 1 aromatic rings. The molecule has 4 nitrogen and oxygen atoms in total. The fraction of sp³-hybridized carbons (Fsp3) is 0.364. The number of aromatic hydroxyl groups is 1. The molecule has 1 amide bonds. The summed E-state index contributed by atoms with van der Waals surface area (Å²) in [6, 6.07) is 3.11. The first-order valence-corrected chi connectivity index (χ1v) is 5.38. The Balaban J connectivity index is 2.35. The molecule has 1 atom stereocenters. The van der Waals surface area contributed by atoms with Crippen molar-refractivity contribution in [1.82, 2.24) is 5.32 Å². The summed E-state index contributed by atoms with van der Waals surface area (Å²) in [5.41, 5.74) is 1.34. The largest absolute Gasteiger partial charge is 0.507 e. The van der Waals surface area contributed by atoms with Crippen molar-refractivity contribution < 1.29 is 14.6 Å². The molecule has 0 saturated carbocycles. The first-order chi connectivity index (χ1) is 7.58. The quantitative estimate of drug-likeness (QED) is 0.794. The predicted molar refractivity (Wildman–Crippen MR) is 59.7 cm³/mol. The molecule has 0 bridgehead atoms. The molecule has 5 heteroatoms. The monoisotopic (exact) mass is 241 g/mol. The number of carbonyl (C=O) groups excluding carboxylic acids is 1. The van der Waals surface area contributed by atoms with Crippen LogP contribution in [0.4, 0.5) is 4.79 Å². The second kappa shape index (κ2) is 4.22. The van der Waals surface area contributed by atoms with Crippen molar-refractivity contribution in [1.29, 1.82) is 0 Å². The molecule has 1 aromatic carbocycles. The van der Waals surface area contributed by atoms with E-state index in [1.165, 1.54) is 0 Å². The van der Waals surface area contributed by atoms with Gasteiger partial charge in [0.15, 0.2) is 0 Å². The standard InChI is InChI=1S/C11H12ClNO3/c1-6-4-7(12)5-8(10(6)14)9-2-3-16-11(15)13-9/h4-5,9,14H,2-3H2,1H3,(H,13,15)/t9-/m0/s1. The Kier molecular flexibility index (Phi) is 2.92. The third-order valence-corrected chi connectivity index (χ3v) is 2.82. The number of aryl methyl sites for hydroxylation is 1. The SMILES string of the molecule is Cc1cc(Cl)cc([C@@H]2CCOC(=O)N2)c1O. The van der Waals surface area contributed by atoms with Crippen LogP contribution in [0, 0.1) is 6.92 Å². The fourth-order valence-electron chi connectivity index (χ4n) is 1.79. The van der Waals surface area contributed by atoms with Crippen molar-refractivity contribution in [2.45, 2.75) is 19.4 Å². The highest BCUT2D eigenvalue weighted by Gasteiger charge is 2.24. The Morgan fingerprint density at radius 2 is 2.31 bits per heavy atom. The molecule has 2 N–H and O–H groups in total. The average molecular weight is 242 g/mol. The molecular formula is C11H12ClNO3. The van der Waals surface area contributed by atoms with Crippen molar-refractivity contribution in [2.24, 2.45) is 0 Å². The first kappa shape index (κ1) is 11.1. The molecule has 1 aliphatic heterocycles. The Morgan fingerprint density at radius 3 is 3.00 bits per heavy atom. The van der Waals surface area contributed by atoms with Gasteiger partial charge in [0.05, 0.1) is 12.6 Å². The number of hydrogen-bond donors (Lipinski definition) is 2. The molecule has 0 unspecified atom stereocenters. The molecule has 0 radical (unpaired) electrons. The van der Waals surface area contributed by atoms with Crippen molar-refractivity contribution in [3.05, 3.63) is 28.3 Å². The second-order valence-electron chi connectivity index (χ2n) is 3.78. The van der Waals surface area contributed by atoms with E-state index in [0.717, 1.165) is 0 Å². The van der Waals surface area contributed by atoms with Crippen LogP contribution in [-0.2, 0) is 4.74 Å². The van der Waals surface area contributed by atoms with E-state index in [2.05, 4.69) is 5.32 Å². The van der Waals surface area contributed by atoms with Gasteiger partial charge < -0.3 is 15.2 Å². The van der Waals surface area contributed by atoms with Crippen LogP contribution < -0.4 is 5.32 Å². The number of phenols is 1. The van der Waals surface area contributed by atoms with E-state index in [1.807, 2.05) is 0 Å². The van der Waals surface area contributed by atoms with Gasteiger partial charge in [0.2, 0.25) is 0 Å².